The molecule has 0 aromatic carbocycles. The Labute approximate surface area is 78.2 Å². The molecule has 0 bridgehead atoms. The molecule has 0 saturated carbocycles. The molecule has 0 amide bonds. The Balaban J connectivity index is 2.90. The zero-order chi connectivity index (χ0) is 9.42. The lowest BCUT2D eigenvalue weighted by atomic mass is 10.4. The number of aromatic nitrogens is 4. The summed E-state index contributed by atoms with van der Waals surface area (Å²) >= 11 is 1.41. The molecule has 0 aliphatic heterocycles. The first kappa shape index (κ1) is 8.31. The topological polar surface area (TPSA) is 63.0 Å². The highest BCUT2D eigenvalue weighted by Gasteiger charge is 2.06. The fourth-order valence-electron chi connectivity index (χ4n) is 1.14. The van der Waals surface area contributed by atoms with Gasteiger partial charge in [0, 0.05) is 11.8 Å². The molecule has 0 fully saturated rings. The van der Waals surface area contributed by atoms with Gasteiger partial charge in [-0.2, -0.15) is 0 Å². The van der Waals surface area contributed by atoms with Crippen LogP contribution in [0.3, 0.4) is 0 Å². The van der Waals surface area contributed by atoms with Crippen molar-refractivity contribution in [3.05, 3.63) is 22.1 Å². The van der Waals surface area contributed by atoms with Gasteiger partial charge in [0.05, 0.1) is 0 Å². The summed E-state index contributed by atoms with van der Waals surface area (Å²) in [7, 11) is 0. The molecule has 0 atom stereocenters. The number of fused-ring (bicyclic) bond motifs is 1. The molecule has 5 nitrogen and oxygen atoms in total. The van der Waals surface area contributed by atoms with Gasteiger partial charge in [-0.3, -0.25) is 4.79 Å². The Morgan fingerprint density at radius 1 is 1.62 bits per heavy atom. The van der Waals surface area contributed by atoms with Crippen LogP contribution in [-0.2, 0) is 0 Å². The van der Waals surface area contributed by atoms with Crippen molar-refractivity contribution >= 4 is 17.5 Å². The van der Waals surface area contributed by atoms with Crippen molar-refractivity contribution in [3.8, 4) is 0 Å². The lowest BCUT2D eigenvalue weighted by Crippen LogP contribution is -2.14. The van der Waals surface area contributed by atoms with Crippen molar-refractivity contribution in [1.29, 1.82) is 0 Å². The molecular formula is C7H8N4OS. The van der Waals surface area contributed by atoms with E-state index in [0.29, 0.717) is 16.6 Å². The van der Waals surface area contributed by atoms with E-state index in [1.807, 2.05) is 6.26 Å². The van der Waals surface area contributed by atoms with Gasteiger partial charge >= 0.3 is 0 Å². The van der Waals surface area contributed by atoms with Crippen LogP contribution < -0.4 is 5.56 Å². The first-order valence-corrected chi connectivity index (χ1v) is 4.93. The second-order valence-corrected chi connectivity index (χ2v) is 3.38. The minimum absolute atomic E-state index is 0.0967. The second-order valence-electron chi connectivity index (χ2n) is 2.61. The van der Waals surface area contributed by atoms with Crippen molar-refractivity contribution in [3.63, 3.8) is 0 Å². The summed E-state index contributed by atoms with van der Waals surface area (Å²) in [6.07, 6.45) is 1.86. The lowest BCUT2D eigenvalue weighted by Gasteiger charge is -1.94. The number of H-pyrrole nitrogens is 1. The maximum absolute atomic E-state index is 11.5. The first-order valence-electron chi connectivity index (χ1n) is 3.71. The molecule has 2 aromatic heterocycles. The van der Waals surface area contributed by atoms with Gasteiger partial charge < -0.3 is 0 Å². The molecular weight excluding hydrogens is 188 g/mol. The number of aryl methyl sites for hydroxylation is 1. The van der Waals surface area contributed by atoms with Gasteiger partial charge in [-0.15, -0.1) is 5.10 Å². The molecule has 0 saturated heterocycles. The molecule has 13 heavy (non-hydrogen) atoms. The maximum Gasteiger partial charge on any atom is 0.261 e. The number of aromatic amines is 1. The molecule has 68 valence electrons. The van der Waals surface area contributed by atoms with Gasteiger partial charge in [0.25, 0.3) is 5.56 Å². The Hall–Kier alpha value is -1.30. The van der Waals surface area contributed by atoms with E-state index in [4.69, 9.17) is 0 Å². The predicted octanol–water partition coefficient (Wildman–Crippen LogP) is 0.448. The highest BCUT2D eigenvalue weighted by Crippen LogP contribution is 2.09. The number of hydrogen-bond acceptors (Lipinski definition) is 4. The molecule has 0 aliphatic rings. The Kier molecular flexibility index (Phi) is 1.84. The third kappa shape index (κ3) is 1.23. The van der Waals surface area contributed by atoms with E-state index < -0.39 is 0 Å². The number of nitrogens with zero attached hydrogens (tertiary/aromatic N) is 3. The average molecular weight is 196 g/mol. The van der Waals surface area contributed by atoms with Crippen LogP contribution in [0.15, 0.2) is 16.0 Å². The molecule has 1 N–H and O–H groups in total. The van der Waals surface area contributed by atoms with Gasteiger partial charge in [-0.05, 0) is 13.2 Å². The van der Waals surface area contributed by atoms with E-state index in [1.54, 1.807) is 6.92 Å². The summed E-state index contributed by atoms with van der Waals surface area (Å²) in [5, 5.41) is 7.29. The molecule has 6 heteroatoms. The highest BCUT2D eigenvalue weighted by molar-refractivity contribution is 7.98. The van der Waals surface area contributed by atoms with Gasteiger partial charge in [0.2, 0.25) is 5.78 Å². The molecule has 2 rings (SSSR count). The molecule has 0 radical (unpaired) electrons. The number of thioether (sulfide) groups is 1. The van der Waals surface area contributed by atoms with Gasteiger partial charge in [-0.25, -0.2) is 14.5 Å². The van der Waals surface area contributed by atoms with Crippen LogP contribution in [-0.4, -0.2) is 25.8 Å². The smallest absolute Gasteiger partial charge is 0.261 e. The molecule has 2 aromatic rings. The van der Waals surface area contributed by atoms with Crippen LogP contribution in [0.25, 0.3) is 5.78 Å². The molecule has 0 unspecified atom stereocenters. The minimum Gasteiger partial charge on any atom is -0.269 e. The average Bonchev–Trinajstić information content (AvgIpc) is 2.47. The van der Waals surface area contributed by atoms with Crippen molar-refractivity contribution in [2.24, 2.45) is 0 Å². The van der Waals surface area contributed by atoms with Crippen LogP contribution in [0.5, 0.6) is 0 Å². The fourth-order valence-corrected chi connectivity index (χ4v) is 1.64. The predicted molar refractivity (Wildman–Crippen MR) is 50.1 cm³/mol. The summed E-state index contributed by atoms with van der Waals surface area (Å²) in [6, 6.07) is 1.49. The van der Waals surface area contributed by atoms with Crippen molar-refractivity contribution in [1.82, 2.24) is 19.6 Å². The monoisotopic (exact) mass is 196 g/mol. The van der Waals surface area contributed by atoms with E-state index in [1.165, 1.54) is 22.2 Å². The summed E-state index contributed by atoms with van der Waals surface area (Å²) in [5.74, 6) is 0.495. The van der Waals surface area contributed by atoms with Crippen molar-refractivity contribution in [2.45, 2.75) is 12.1 Å². The highest BCUT2D eigenvalue weighted by atomic mass is 32.2. The zero-order valence-corrected chi connectivity index (χ0v) is 8.05. The zero-order valence-electron chi connectivity index (χ0n) is 7.24. The van der Waals surface area contributed by atoms with Crippen molar-refractivity contribution < 1.29 is 0 Å². The lowest BCUT2D eigenvalue weighted by molar-refractivity contribution is 0.892. The summed E-state index contributed by atoms with van der Waals surface area (Å²) in [4.78, 5) is 15.6. The van der Waals surface area contributed by atoms with E-state index >= 15 is 0 Å². The minimum atomic E-state index is -0.0967. The standard InChI is InChI=1S/C7H8N4OS/c1-4-3-5(12)11-6(8-4)9-10-7(11)13-2/h3H,1-2H3,(H,8,9). The Morgan fingerprint density at radius 2 is 2.38 bits per heavy atom. The van der Waals surface area contributed by atoms with Crippen LogP contribution in [0.4, 0.5) is 0 Å². The van der Waals surface area contributed by atoms with Crippen molar-refractivity contribution in [2.75, 3.05) is 6.26 Å². The summed E-state index contributed by atoms with van der Waals surface area (Å²) in [5.41, 5.74) is 0.599. The van der Waals surface area contributed by atoms with Gasteiger partial charge in [0.15, 0.2) is 5.16 Å². The Bertz CT molecular complexity index is 501. The van der Waals surface area contributed by atoms with Crippen LogP contribution in [0.1, 0.15) is 5.69 Å². The first-order chi connectivity index (χ1) is 6.22. The quantitative estimate of drug-likeness (QED) is 0.672. The fraction of sp³-hybridized carbons (Fsp3) is 0.286. The van der Waals surface area contributed by atoms with Crippen LogP contribution >= 0.6 is 11.8 Å². The van der Waals surface area contributed by atoms with E-state index in [0.717, 1.165) is 0 Å². The molecule has 0 spiro atoms. The van der Waals surface area contributed by atoms with Crippen LogP contribution in [0.2, 0.25) is 0 Å². The van der Waals surface area contributed by atoms with E-state index in [9.17, 15) is 4.79 Å². The number of hydrogen-bond donors (Lipinski definition) is 1. The Morgan fingerprint density at radius 3 is 3.08 bits per heavy atom. The van der Waals surface area contributed by atoms with Crippen LogP contribution in [0, 0.1) is 6.92 Å². The molecule has 2 heterocycles. The normalized spacial score (nSPS) is 10.9. The summed E-state index contributed by atoms with van der Waals surface area (Å²) < 4.78 is 1.46. The third-order valence-electron chi connectivity index (χ3n) is 1.67. The molecule has 0 aliphatic carbocycles. The SMILES string of the molecule is CSc1n[nH]c2nc(C)cc(=O)n12. The largest absolute Gasteiger partial charge is 0.269 e. The van der Waals surface area contributed by atoms with Gasteiger partial charge in [0.1, 0.15) is 0 Å². The van der Waals surface area contributed by atoms with E-state index in [-0.39, 0.29) is 5.56 Å². The maximum atomic E-state index is 11.5. The summed E-state index contributed by atoms with van der Waals surface area (Å²) in [6.45, 7) is 1.78. The number of rotatable bonds is 1. The third-order valence-corrected chi connectivity index (χ3v) is 2.31. The van der Waals surface area contributed by atoms with Gasteiger partial charge in [-0.1, -0.05) is 11.8 Å². The second kappa shape index (κ2) is 2.88. The number of nitrogens with one attached hydrogen (secondary N) is 1. The van der Waals surface area contributed by atoms with E-state index in [2.05, 4.69) is 15.2 Å².